The largest absolute Gasteiger partial charge is 0.508 e. The second-order valence-corrected chi connectivity index (χ2v) is 4.19. The van der Waals surface area contributed by atoms with Gasteiger partial charge in [-0.1, -0.05) is 0 Å². The molecule has 1 amide bonds. The van der Waals surface area contributed by atoms with Crippen molar-refractivity contribution in [2.75, 3.05) is 6.54 Å². The average Bonchev–Trinajstić information content (AvgIpc) is 2.24. The first-order valence-electron chi connectivity index (χ1n) is 5.37. The van der Waals surface area contributed by atoms with Gasteiger partial charge in [-0.3, -0.25) is 4.79 Å². The van der Waals surface area contributed by atoms with Crippen molar-refractivity contribution >= 4 is 5.91 Å². The van der Waals surface area contributed by atoms with Gasteiger partial charge in [-0.15, -0.1) is 0 Å². The molecule has 6 heteroatoms. The minimum absolute atomic E-state index is 0.0431. The van der Waals surface area contributed by atoms with Crippen LogP contribution in [0.15, 0.2) is 24.3 Å². The number of benzene rings is 1. The van der Waals surface area contributed by atoms with Crippen LogP contribution in [-0.2, 0) is 0 Å². The molecule has 0 atom stereocenters. The fraction of sp³-hybridized carbons (Fsp3) is 0.417. The van der Waals surface area contributed by atoms with Crippen molar-refractivity contribution in [2.24, 2.45) is 0 Å². The molecule has 3 nitrogen and oxygen atoms in total. The predicted molar refractivity (Wildman–Crippen MR) is 60.3 cm³/mol. The van der Waals surface area contributed by atoms with Crippen molar-refractivity contribution in [2.45, 2.75) is 26.1 Å². The molecule has 0 spiro atoms. The Hall–Kier alpha value is -1.72. The van der Waals surface area contributed by atoms with Gasteiger partial charge in [0.25, 0.3) is 5.91 Å². The van der Waals surface area contributed by atoms with Crippen LogP contribution in [0.1, 0.15) is 24.2 Å². The molecule has 100 valence electrons. The summed E-state index contributed by atoms with van der Waals surface area (Å²) in [6.07, 6.45) is -4.43. The Morgan fingerprint density at radius 2 is 1.78 bits per heavy atom. The molecule has 1 aromatic rings. The number of halogens is 3. The Labute approximate surface area is 103 Å². The molecule has 0 bridgehead atoms. The summed E-state index contributed by atoms with van der Waals surface area (Å²) in [6.45, 7) is 1.75. The summed E-state index contributed by atoms with van der Waals surface area (Å²) >= 11 is 0. The lowest BCUT2D eigenvalue weighted by Crippen LogP contribution is -2.43. The highest BCUT2D eigenvalue weighted by atomic mass is 19.4. The van der Waals surface area contributed by atoms with Gasteiger partial charge in [-0.05, 0) is 38.1 Å². The Morgan fingerprint density at radius 1 is 1.28 bits per heavy atom. The smallest absolute Gasteiger partial charge is 0.406 e. The average molecular weight is 261 g/mol. The summed E-state index contributed by atoms with van der Waals surface area (Å²) in [4.78, 5) is 12.7. The van der Waals surface area contributed by atoms with Crippen molar-refractivity contribution in [1.82, 2.24) is 4.90 Å². The maximum Gasteiger partial charge on any atom is 0.406 e. The number of hydrogen-bond donors (Lipinski definition) is 1. The number of amides is 1. The minimum atomic E-state index is -4.43. The monoisotopic (exact) mass is 261 g/mol. The Kier molecular flexibility index (Phi) is 4.21. The van der Waals surface area contributed by atoms with E-state index in [1.807, 2.05) is 0 Å². The van der Waals surface area contributed by atoms with Crippen LogP contribution < -0.4 is 0 Å². The molecule has 0 aromatic heterocycles. The highest BCUT2D eigenvalue weighted by Crippen LogP contribution is 2.20. The molecule has 0 aliphatic carbocycles. The normalized spacial score (nSPS) is 11.7. The molecule has 0 heterocycles. The Balaban J connectivity index is 2.93. The number of rotatable bonds is 3. The van der Waals surface area contributed by atoms with E-state index in [0.717, 1.165) is 4.90 Å². The van der Waals surface area contributed by atoms with Crippen LogP contribution in [0.5, 0.6) is 5.75 Å². The Bertz CT molecular complexity index is 412. The van der Waals surface area contributed by atoms with Crippen LogP contribution in [0.25, 0.3) is 0 Å². The van der Waals surface area contributed by atoms with Crippen LogP contribution in [0.3, 0.4) is 0 Å². The van der Waals surface area contributed by atoms with E-state index in [4.69, 9.17) is 5.11 Å². The molecule has 1 N–H and O–H groups in total. The van der Waals surface area contributed by atoms with E-state index in [2.05, 4.69) is 0 Å². The van der Waals surface area contributed by atoms with Gasteiger partial charge >= 0.3 is 6.18 Å². The first-order chi connectivity index (χ1) is 8.20. The maximum atomic E-state index is 12.4. The molecule has 0 aliphatic rings. The predicted octanol–water partition coefficient (Wildman–Crippen LogP) is 2.81. The quantitative estimate of drug-likeness (QED) is 0.908. The number of hydrogen-bond acceptors (Lipinski definition) is 2. The third kappa shape index (κ3) is 3.94. The molecule has 0 aliphatic heterocycles. The fourth-order valence-electron chi connectivity index (χ4n) is 1.45. The second-order valence-electron chi connectivity index (χ2n) is 4.19. The summed E-state index contributed by atoms with van der Waals surface area (Å²) in [5.74, 6) is -0.749. The summed E-state index contributed by atoms with van der Waals surface area (Å²) in [6, 6.07) is 4.55. The summed E-state index contributed by atoms with van der Waals surface area (Å²) in [5, 5.41) is 9.07. The summed E-state index contributed by atoms with van der Waals surface area (Å²) in [7, 11) is 0. The van der Waals surface area contributed by atoms with Gasteiger partial charge in [-0.25, -0.2) is 0 Å². The van der Waals surface area contributed by atoms with Crippen molar-refractivity contribution < 1.29 is 23.1 Å². The van der Waals surface area contributed by atoms with E-state index in [1.165, 1.54) is 38.1 Å². The number of alkyl halides is 3. The molecule has 1 rings (SSSR count). The molecule has 0 saturated heterocycles. The van der Waals surface area contributed by atoms with E-state index in [0.29, 0.717) is 0 Å². The number of aromatic hydroxyl groups is 1. The zero-order valence-electron chi connectivity index (χ0n) is 10.0. The van der Waals surface area contributed by atoms with Crippen molar-refractivity contribution in [3.8, 4) is 5.75 Å². The second kappa shape index (κ2) is 5.29. The lowest BCUT2D eigenvalue weighted by atomic mass is 10.1. The standard InChI is InChI=1S/C12H14F3NO2/c1-8(2)16(7-12(13,14)15)11(18)9-3-5-10(17)6-4-9/h3-6,8,17H,7H2,1-2H3. The fourth-order valence-corrected chi connectivity index (χ4v) is 1.45. The van der Waals surface area contributed by atoms with Gasteiger partial charge in [0, 0.05) is 11.6 Å². The first-order valence-corrected chi connectivity index (χ1v) is 5.37. The number of carbonyl (C=O) groups is 1. The summed E-state index contributed by atoms with van der Waals surface area (Å²) < 4.78 is 37.1. The van der Waals surface area contributed by atoms with Gasteiger partial charge in [0.15, 0.2) is 0 Å². The van der Waals surface area contributed by atoms with E-state index >= 15 is 0 Å². The number of phenols is 1. The summed E-state index contributed by atoms with van der Waals surface area (Å²) in [5.41, 5.74) is 0.116. The number of phenolic OH excluding ortho intramolecular Hbond substituents is 1. The van der Waals surface area contributed by atoms with Crippen LogP contribution in [-0.4, -0.2) is 34.7 Å². The van der Waals surface area contributed by atoms with E-state index in [1.54, 1.807) is 0 Å². The molecular formula is C12H14F3NO2. The van der Waals surface area contributed by atoms with Gasteiger partial charge in [-0.2, -0.15) is 13.2 Å². The van der Waals surface area contributed by atoms with Crippen molar-refractivity contribution in [3.63, 3.8) is 0 Å². The van der Waals surface area contributed by atoms with Crippen LogP contribution >= 0.6 is 0 Å². The molecular weight excluding hydrogens is 247 g/mol. The number of carbonyl (C=O) groups excluding carboxylic acids is 1. The van der Waals surface area contributed by atoms with E-state index in [-0.39, 0.29) is 11.3 Å². The van der Waals surface area contributed by atoms with Crippen LogP contribution in [0.2, 0.25) is 0 Å². The molecule has 1 aromatic carbocycles. The highest BCUT2D eigenvalue weighted by Gasteiger charge is 2.34. The zero-order valence-corrected chi connectivity index (χ0v) is 10.0. The molecule has 0 unspecified atom stereocenters. The van der Waals surface area contributed by atoms with Crippen molar-refractivity contribution in [3.05, 3.63) is 29.8 Å². The molecule has 0 radical (unpaired) electrons. The van der Waals surface area contributed by atoms with Gasteiger partial charge in [0.05, 0.1) is 0 Å². The third-order valence-corrected chi connectivity index (χ3v) is 2.35. The van der Waals surface area contributed by atoms with Gasteiger partial charge < -0.3 is 10.0 Å². The Morgan fingerprint density at radius 3 is 2.17 bits per heavy atom. The first kappa shape index (κ1) is 14.3. The lowest BCUT2D eigenvalue weighted by molar-refractivity contribution is -0.143. The molecule has 0 saturated carbocycles. The van der Waals surface area contributed by atoms with Crippen LogP contribution in [0, 0.1) is 0 Å². The minimum Gasteiger partial charge on any atom is -0.508 e. The van der Waals surface area contributed by atoms with E-state index in [9.17, 15) is 18.0 Å². The highest BCUT2D eigenvalue weighted by molar-refractivity contribution is 5.94. The van der Waals surface area contributed by atoms with E-state index < -0.39 is 24.7 Å². The van der Waals surface area contributed by atoms with Crippen LogP contribution in [0.4, 0.5) is 13.2 Å². The number of nitrogens with zero attached hydrogens (tertiary/aromatic N) is 1. The van der Waals surface area contributed by atoms with Crippen molar-refractivity contribution in [1.29, 1.82) is 0 Å². The zero-order chi connectivity index (χ0) is 13.9. The third-order valence-electron chi connectivity index (χ3n) is 2.35. The SMILES string of the molecule is CC(C)N(CC(F)(F)F)C(=O)c1ccc(O)cc1. The lowest BCUT2D eigenvalue weighted by Gasteiger charge is -2.27. The van der Waals surface area contributed by atoms with Gasteiger partial charge in [0.2, 0.25) is 0 Å². The molecule has 18 heavy (non-hydrogen) atoms. The molecule has 0 fully saturated rings. The van der Waals surface area contributed by atoms with Gasteiger partial charge in [0.1, 0.15) is 12.3 Å². The topological polar surface area (TPSA) is 40.5 Å². The maximum absolute atomic E-state index is 12.4.